The molecular formula is C16H18BrN3O3S. The zero-order valence-corrected chi connectivity index (χ0v) is 15.5. The highest BCUT2D eigenvalue weighted by Crippen LogP contribution is 2.17. The molecule has 0 saturated heterocycles. The summed E-state index contributed by atoms with van der Waals surface area (Å²) in [6.45, 7) is 0.970. The van der Waals surface area contributed by atoms with E-state index < -0.39 is 9.84 Å². The molecule has 0 unspecified atom stereocenters. The maximum absolute atomic E-state index is 12.0. The van der Waals surface area contributed by atoms with E-state index in [-0.39, 0.29) is 10.8 Å². The fourth-order valence-corrected chi connectivity index (χ4v) is 3.25. The van der Waals surface area contributed by atoms with Gasteiger partial charge in [-0.3, -0.25) is 4.79 Å². The van der Waals surface area contributed by atoms with Crippen molar-refractivity contribution in [3.05, 3.63) is 52.6 Å². The number of pyridine rings is 1. The molecule has 0 aliphatic heterocycles. The van der Waals surface area contributed by atoms with Crippen LogP contribution in [0.3, 0.4) is 0 Å². The van der Waals surface area contributed by atoms with Gasteiger partial charge in [-0.15, -0.1) is 0 Å². The summed E-state index contributed by atoms with van der Waals surface area (Å²) in [5, 5.41) is 5.81. The molecule has 0 fully saturated rings. The second-order valence-corrected chi connectivity index (χ2v) is 8.07. The smallest absolute Gasteiger partial charge is 0.251 e. The molecule has 0 atom stereocenters. The quantitative estimate of drug-likeness (QED) is 0.683. The van der Waals surface area contributed by atoms with Crippen molar-refractivity contribution < 1.29 is 13.2 Å². The highest BCUT2D eigenvalue weighted by atomic mass is 79.9. The van der Waals surface area contributed by atoms with Crippen LogP contribution < -0.4 is 10.6 Å². The van der Waals surface area contributed by atoms with Crippen LogP contribution in [0.2, 0.25) is 0 Å². The van der Waals surface area contributed by atoms with Gasteiger partial charge in [0.25, 0.3) is 5.91 Å². The first-order chi connectivity index (χ1) is 11.4. The van der Waals surface area contributed by atoms with Gasteiger partial charge in [-0.25, -0.2) is 13.4 Å². The molecule has 1 aromatic carbocycles. The Labute approximate surface area is 149 Å². The molecular weight excluding hydrogens is 394 g/mol. The van der Waals surface area contributed by atoms with E-state index in [1.165, 1.54) is 12.3 Å². The van der Waals surface area contributed by atoms with Crippen molar-refractivity contribution in [2.45, 2.75) is 11.3 Å². The summed E-state index contributed by atoms with van der Waals surface area (Å²) in [7, 11) is -3.33. The van der Waals surface area contributed by atoms with Crippen molar-refractivity contribution in [3.63, 3.8) is 0 Å². The van der Waals surface area contributed by atoms with Gasteiger partial charge in [0, 0.05) is 35.6 Å². The first-order valence-electron chi connectivity index (χ1n) is 7.30. The molecule has 0 aliphatic rings. The second kappa shape index (κ2) is 8.25. The fraction of sp³-hybridized carbons (Fsp3) is 0.250. The number of rotatable bonds is 7. The van der Waals surface area contributed by atoms with Crippen LogP contribution in [-0.4, -0.2) is 38.7 Å². The Bertz CT molecular complexity index is 825. The summed E-state index contributed by atoms with van der Waals surface area (Å²) in [5.41, 5.74) is 0.585. The normalized spacial score (nSPS) is 11.1. The van der Waals surface area contributed by atoms with Gasteiger partial charge < -0.3 is 10.6 Å². The summed E-state index contributed by atoms with van der Waals surface area (Å²) >= 11 is 3.33. The van der Waals surface area contributed by atoms with Crippen LogP contribution in [-0.2, 0) is 9.84 Å². The van der Waals surface area contributed by atoms with Gasteiger partial charge in [0.05, 0.1) is 0 Å². The first kappa shape index (κ1) is 18.4. The van der Waals surface area contributed by atoms with Crippen molar-refractivity contribution in [1.82, 2.24) is 10.3 Å². The predicted octanol–water partition coefficient (Wildman–Crippen LogP) is 2.48. The van der Waals surface area contributed by atoms with Gasteiger partial charge in [-0.1, -0.05) is 22.0 Å². The van der Waals surface area contributed by atoms with E-state index in [0.717, 1.165) is 10.7 Å². The Balaban J connectivity index is 1.81. The Morgan fingerprint density at radius 2 is 2.00 bits per heavy atom. The molecule has 1 aromatic heterocycles. The van der Waals surface area contributed by atoms with Gasteiger partial charge in [-0.05, 0) is 36.8 Å². The van der Waals surface area contributed by atoms with Crippen LogP contribution in [0.1, 0.15) is 16.8 Å². The lowest BCUT2D eigenvalue weighted by atomic mass is 10.2. The number of aromatic nitrogens is 1. The largest absolute Gasteiger partial charge is 0.369 e. The number of nitrogens with zero attached hydrogens (tertiary/aromatic N) is 1. The third kappa shape index (κ3) is 5.31. The average molecular weight is 412 g/mol. The molecule has 0 bridgehead atoms. The van der Waals surface area contributed by atoms with Crippen molar-refractivity contribution in [3.8, 4) is 0 Å². The molecule has 24 heavy (non-hydrogen) atoms. The lowest BCUT2D eigenvalue weighted by Gasteiger charge is -2.10. The van der Waals surface area contributed by atoms with Gasteiger partial charge in [0.2, 0.25) is 0 Å². The Hall–Kier alpha value is -1.93. The number of hydrogen-bond donors (Lipinski definition) is 2. The maximum Gasteiger partial charge on any atom is 0.251 e. The molecule has 0 saturated carbocycles. The standard InChI is InChI=1S/C16H18BrN3O3S/c1-24(22,23)14-7-3-8-18-15(14)19-9-4-10-20-16(21)12-5-2-6-13(17)11-12/h2-3,5-8,11H,4,9-10H2,1H3,(H,18,19)(H,20,21). The Morgan fingerprint density at radius 3 is 2.71 bits per heavy atom. The number of carbonyl (C=O) groups excluding carboxylic acids is 1. The van der Waals surface area contributed by atoms with Crippen molar-refractivity contribution >= 4 is 37.5 Å². The first-order valence-corrected chi connectivity index (χ1v) is 9.99. The molecule has 1 amide bonds. The lowest BCUT2D eigenvalue weighted by molar-refractivity contribution is 0.0953. The molecule has 128 valence electrons. The van der Waals surface area contributed by atoms with E-state index in [9.17, 15) is 13.2 Å². The number of anilines is 1. The summed E-state index contributed by atoms with van der Waals surface area (Å²) in [5.74, 6) is 0.185. The van der Waals surface area contributed by atoms with Crippen molar-refractivity contribution in [2.75, 3.05) is 24.7 Å². The number of halogens is 1. The topological polar surface area (TPSA) is 88.2 Å². The minimum atomic E-state index is -3.33. The highest BCUT2D eigenvalue weighted by molar-refractivity contribution is 9.10. The van der Waals surface area contributed by atoms with Crippen molar-refractivity contribution in [2.24, 2.45) is 0 Å². The van der Waals surface area contributed by atoms with Crippen LogP contribution >= 0.6 is 15.9 Å². The molecule has 8 heteroatoms. The molecule has 2 N–H and O–H groups in total. The summed E-state index contributed by atoms with van der Waals surface area (Å²) in [4.78, 5) is 16.2. The molecule has 2 rings (SSSR count). The average Bonchev–Trinajstić information content (AvgIpc) is 2.54. The van der Waals surface area contributed by atoms with E-state index in [1.807, 2.05) is 6.07 Å². The van der Waals surface area contributed by atoms with Crippen LogP contribution in [0.15, 0.2) is 52.0 Å². The van der Waals surface area contributed by atoms with E-state index in [2.05, 4.69) is 31.5 Å². The number of amides is 1. The van der Waals surface area contributed by atoms with Crippen LogP contribution in [0.4, 0.5) is 5.82 Å². The predicted molar refractivity (Wildman–Crippen MR) is 96.9 cm³/mol. The Morgan fingerprint density at radius 1 is 1.21 bits per heavy atom. The van der Waals surface area contributed by atoms with Gasteiger partial charge in [0.1, 0.15) is 10.7 Å². The zero-order valence-electron chi connectivity index (χ0n) is 13.1. The monoisotopic (exact) mass is 411 g/mol. The molecule has 2 aromatic rings. The lowest BCUT2D eigenvalue weighted by Crippen LogP contribution is -2.26. The zero-order chi connectivity index (χ0) is 17.6. The number of nitrogens with one attached hydrogen (secondary N) is 2. The number of carbonyl (C=O) groups is 1. The minimum absolute atomic E-state index is 0.147. The maximum atomic E-state index is 12.0. The third-order valence-corrected chi connectivity index (χ3v) is 4.81. The van der Waals surface area contributed by atoms with Crippen LogP contribution in [0.25, 0.3) is 0 Å². The number of hydrogen-bond acceptors (Lipinski definition) is 5. The van der Waals surface area contributed by atoms with Crippen LogP contribution in [0, 0.1) is 0 Å². The van der Waals surface area contributed by atoms with Crippen LogP contribution in [0.5, 0.6) is 0 Å². The Kier molecular flexibility index (Phi) is 6.33. The molecule has 0 aliphatic carbocycles. The summed E-state index contributed by atoms with van der Waals surface area (Å²) in [6, 6.07) is 10.2. The number of sulfone groups is 1. The molecule has 0 radical (unpaired) electrons. The SMILES string of the molecule is CS(=O)(=O)c1cccnc1NCCCNC(=O)c1cccc(Br)c1. The minimum Gasteiger partial charge on any atom is -0.369 e. The van der Waals surface area contributed by atoms with Gasteiger partial charge in [0.15, 0.2) is 9.84 Å². The molecule has 6 nitrogen and oxygen atoms in total. The molecule has 1 heterocycles. The van der Waals surface area contributed by atoms with Gasteiger partial charge >= 0.3 is 0 Å². The van der Waals surface area contributed by atoms with Gasteiger partial charge in [-0.2, -0.15) is 0 Å². The fourth-order valence-electron chi connectivity index (χ4n) is 2.05. The second-order valence-electron chi connectivity index (χ2n) is 5.17. The third-order valence-electron chi connectivity index (χ3n) is 3.19. The molecule has 0 spiro atoms. The van der Waals surface area contributed by atoms with E-state index in [0.29, 0.717) is 30.9 Å². The van der Waals surface area contributed by atoms with E-state index in [4.69, 9.17) is 0 Å². The van der Waals surface area contributed by atoms with Crippen molar-refractivity contribution in [1.29, 1.82) is 0 Å². The summed E-state index contributed by atoms with van der Waals surface area (Å²) < 4.78 is 24.2. The van der Waals surface area contributed by atoms with E-state index >= 15 is 0 Å². The summed E-state index contributed by atoms with van der Waals surface area (Å²) in [6.07, 6.45) is 3.32. The highest BCUT2D eigenvalue weighted by Gasteiger charge is 2.13. The number of benzene rings is 1. The van der Waals surface area contributed by atoms with E-state index in [1.54, 1.807) is 24.3 Å².